The number of anilines is 1. The Morgan fingerprint density at radius 3 is 3.08 bits per heavy atom. The number of carbonyl (C=O) groups is 1. The molecule has 1 aromatic carbocycles. The predicted octanol–water partition coefficient (Wildman–Crippen LogP) is 4.20. The first-order valence-corrected chi connectivity index (χ1v) is 9.17. The van der Waals surface area contributed by atoms with Crippen molar-refractivity contribution in [2.24, 2.45) is 0 Å². The van der Waals surface area contributed by atoms with Gasteiger partial charge in [-0.25, -0.2) is 4.98 Å². The van der Waals surface area contributed by atoms with Crippen molar-refractivity contribution in [2.45, 2.75) is 19.5 Å². The van der Waals surface area contributed by atoms with E-state index in [1.165, 1.54) is 28.0 Å². The molecule has 0 bridgehead atoms. The highest BCUT2D eigenvalue weighted by molar-refractivity contribution is 7.15. The lowest BCUT2D eigenvalue weighted by Crippen LogP contribution is -2.29. The molecular formula is C18H16ClN3O2S. The van der Waals surface area contributed by atoms with E-state index in [4.69, 9.17) is 16.0 Å². The number of aromatic nitrogens is 1. The minimum Gasteiger partial charge on any atom is -0.459 e. The molecule has 1 aliphatic heterocycles. The Bertz CT molecular complexity index is 892. The molecule has 1 amide bonds. The van der Waals surface area contributed by atoms with E-state index in [0.717, 1.165) is 36.8 Å². The maximum Gasteiger partial charge on any atom is 0.293 e. The highest BCUT2D eigenvalue weighted by Gasteiger charge is 2.22. The second-order valence-electron chi connectivity index (χ2n) is 5.91. The van der Waals surface area contributed by atoms with Gasteiger partial charge >= 0.3 is 0 Å². The van der Waals surface area contributed by atoms with E-state index < -0.39 is 0 Å². The molecule has 0 saturated heterocycles. The fraction of sp³-hybridized carbons (Fsp3) is 0.222. The van der Waals surface area contributed by atoms with Crippen LogP contribution < -0.4 is 5.32 Å². The Hall–Kier alpha value is -2.15. The van der Waals surface area contributed by atoms with Crippen molar-refractivity contribution in [1.82, 2.24) is 9.88 Å². The van der Waals surface area contributed by atoms with Crippen molar-refractivity contribution in [3.05, 3.63) is 69.6 Å². The van der Waals surface area contributed by atoms with E-state index in [9.17, 15) is 4.79 Å². The monoisotopic (exact) mass is 373 g/mol. The number of hydrogen-bond donors (Lipinski definition) is 1. The first kappa shape index (κ1) is 16.3. The zero-order valence-electron chi connectivity index (χ0n) is 13.4. The topological polar surface area (TPSA) is 58.4 Å². The second kappa shape index (κ2) is 7.00. The summed E-state index contributed by atoms with van der Waals surface area (Å²) < 4.78 is 5.11. The lowest BCUT2D eigenvalue weighted by atomic mass is 10.1. The summed E-state index contributed by atoms with van der Waals surface area (Å²) in [6.07, 6.45) is 2.36. The van der Waals surface area contributed by atoms with Crippen LogP contribution >= 0.6 is 22.9 Å². The normalized spacial score (nSPS) is 14.3. The smallest absolute Gasteiger partial charge is 0.293 e. The van der Waals surface area contributed by atoms with Gasteiger partial charge in [0.1, 0.15) is 0 Å². The Balaban J connectivity index is 1.43. The summed E-state index contributed by atoms with van der Waals surface area (Å²) in [4.78, 5) is 20.2. The highest BCUT2D eigenvalue weighted by Crippen LogP contribution is 2.29. The zero-order chi connectivity index (χ0) is 17.2. The number of rotatable bonds is 4. The maximum absolute atomic E-state index is 12.1. The van der Waals surface area contributed by atoms with Crippen molar-refractivity contribution in [3.63, 3.8) is 0 Å². The average molecular weight is 374 g/mol. The lowest BCUT2D eigenvalue weighted by Gasteiger charge is -2.25. The van der Waals surface area contributed by atoms with Gasteiger partial charge in [-0.05, 0) is 29.8 Å². The Labute approximate surface area is 154 Å². The Morgan fingerprint density at radius 2 is 2.28 bits per heavy atom. The van der Waals surface area contributed by atoms with E-state index in [2.05, 4.69) is 21.3 Å². The molecule has 0 saturated carbocycles. The van der Waals surface area contributed by atoms with Crippen molar-refractivity contribution in [2.75, 3.05) is 11.9 Å². The fourth-order valence-electron chi connectivity index (χ4n) is 2.90. The van der Waals surface area contributed by atoms with Gasteiger partial charge in [0.25, 0.3) is 5.91 Å². The first-order valence-electron chi connectivity index (χ1n) is 7.97. The van der Waals surface area contributed by atoms with Crippen LogP contribution in [0.3, 0.4) is 0 Å². The first-order chi connectivity index (χ1) is 12.2. The number of hydrogen-bond acceptors (Lipinski definition) is 5. The van der Waals surface area contributed by atoms with E-state index in [0.29, 0.717) is 5.13 Å². The van der Waals surface area contributed by atoms with Crippen LogP contribution in [-0.2, 0) is 19.5 Å². The SMILES string of the molecule is O=C(Nc1nc2c(s1)CN(Cc1cccc(Cl)c1)CC2)c1ccco1. The van der Waals surface area contributed by atoms with Crippen LogP contribution in [0.2, 0.25) is 5.02 Å². The summed E-state index contributed by atoms with van der Waals surface area (Å²) in [5.41, 5.74) is 2.27. The van der Waals surface area contributed by atoms with Crippen molar-refractivity contribution >= 4 is 34.0 Å². The minimum absolute atomic E-state index is 0.271. The number of furan rings is 1. The van der Waals surface area contributed by atoms with Gasteiger partial charge in [0.2, 0.25) is 0 Å². The number of fused-ring (bicyclic) bond motifs is 1. The molecule has 7 heteroatoms. The third-order valence-corrected chi connectivity index (χ3v) is 5.30. The van der Waals surface area contributed by atoms with Gasteiger partial charge in [-0.2, -0.15) is 0 Å². The molecule has 0 atom stereocenters. The van der Waals surface area contributed by atoms with E-state index in [-0.39, 0.29) is 11.7 Å². The highest BCUT2D eigenvalue weighted by atomic mass is 35.5. The van der Waals surface area contributed by atoms with Crippen LogP contribution in [-0.4, -0.2) is 22.3 Å². The number of carbonyl (C=O) groups excluding carboxylic acids is 1. The summed E-state index contributed by atoms with van der Waals surface area (Å²) in [6.45, 7) is 2.62. The van der Waals surface area contributed by atoms with Gasteiger partial charge < -0.3 is 4.42 Å². The van der Waals surface area contributed by atoms with Crippen LogP contribution in [0.4, 0.5) is 5.13 Å². The number of benzene rings is 1. The van der Waals surface area contributed by atoms with Crippen LogP contribution in [0.15, 0.2) is 47.1 Å². The fourth-order valence-corrected chi connectivity index (χ4v) is 4.16. The van der Waals surface area contributed by atoms with Crippen LogP contribution in [0, 0.1) is 0 Å². The number of nitrogens with zero attached hydrogens (tertiary/aromatic N) is 2. The van der Waals surface area contributed by atoms with Crippen molar-refractivity contribution < 1.29 is 9.21 Å². The molecule has 0 unspecified atom stereocenters. The second-order valence-corrected chi connectivity index (χ2v) is 7.43. The standard InChI is InChI=1S/C18H16ClN3O2S/c19-13-4-1-3-12(9-13)10-22-7-6-14-16(11-22)25-18(20-14)21-17(23)15-5-2-8-24-15/h1-5,8-9H,6-7,10-11H2,(H,20,21,23). The number of amides is 1. The van der Waals surface area contributed by atoms with Gasteiger partial charge in [-0.3, -0.25) is 15.0 Å². The van der Waals surface area contributed by atoms with Crippen LogP contribution in [0.5, 0.6) is 0 Å². The molecular weight excluding hydrogens is 358 g/mol. The average Bonchev–Trinajstić information content (AvgIpc) is 3.23. The molecule has 25 heavy (non-hydrogen) atoms. The summed E-state index contributed by atoms with van der Waals surface area (Å²) in [6, 6.07) is 11.3. The molecule has 5 nitrogen and oxygen atoms in total. The number of nitrogens with one attached hydrogen (secondary N) is 1. The minimum atomic E-state index is -0.271. The molecule has 1 N–H and O–H groups in total. The molecule has 0 aliphatic carbocycles. The molecule has 4 rings (SSSR count). The predicted molar refractivity (Wildman–Crippen MR) is 98.0 cm³/mol. The Kier molecular flexibility index (Phi) is 4.57. The number of thiazole rings is 1. The van der Waals surface area contributed by atoms with Gasteiger partial charge in [0.05, 0.1) is 12.0 Å². The summed E-state index contributed by atoms with van der Waals surface area (Å²) in [7, 11) is 0. The largest absolute Gasteiger partial charge is 0.459 e. The molecule has 0 radical (unpaired) electrons. The molecule has 3 heterocycles. The molecule has 0 spiro atoms. The van der Waals surface area contributed by atoms with Gasteiger partial charge in [-0.1, -0.05) is 23.7 Å². The molecule has 2 aromatic heterocycles. The molecule has 3 aromatic rings. The third-order valence-electron chi connectivity index (χ3n) is 4.07. The summed E-state index contributed by atoms with van der Waals surface area (Å²) in [5, 5.41) is 4.19. The van der Waals surface area contributed by atoms with Crippen molar-refractivity contribution in [1.29, 1.82) is 0 Å². The van der Waals surface area contributed by atoms with Crippen LogP contribution in [0.1, 0.15) is 26.7 Å². The van der Waals surface area contributed by atoms with Gasteiger partial charge in [0.15, 0.2) is 10.9 Å². The third kappa shape index (κ3) is 3.76. The lowest BCUT2D eigenvalue weighted by molar-refractivity contribution is 0.0996. The molecule has 0 fully saturated rings. The van der Waals surface area contributed by atoms with E-state index in [1.807, 2.05) is 18.2 Å². The van der Waals surface area contributed by atoms with E-state index >= 15 is 0 Å². The summed E-state index contributed by atoms with van der Waals surface area (Å²) in [5.74, 6) is 0.0163. The van der Waals surface area contributed by atoms with Gasteiger partial charge in [-0.15, -0.1) is 11.3 Å². The number of halogens is 1. The zero-order valence-corrected chi connectivity index (χ0v) is 14.9. The Morgan fingerprint density at radius 1 is 1.36 bits per heavy atom. The quantitative estimate of drug-likeness (QED) is 0.744. The molecule has 128 valence electrons. The van der Waals surface area contributed by atoms with Crippen molar-refractivity contribution in [3.8, 4) is 0 Å². The van der Waals surface area contributed by atoms with E-state index in [1.54, 1.807) is 12.1 Å². The maximum atomic E-state index is 12.1. The molecule has 1 aliphatic rings. The summed E-state index contributed by atoms with van der Waals surface area (Å²) >= 11 is 7.59. The van der Waals surface area contributed by atoms with Crippen LogP contribution in [0.25, 0.3) is 0 Å². The van der Waals surface area contributed by atoms with Gasteiger partial charge in [0, 0.05) is 36.0 Å².